The number of hydrogen-bond donors (Lipinski definition) is 2. The van der Waals surface area contributed by atoms with E-state index in [4.69, 9.17) is 4.74 Å². The van der Waals surface area contributed by atoms with E-state index in [1.807, 2.05) is 13.8 Å². The topological polar surface area (TPSA) is 49.7 Å². The van der Waals surface area contributed by atoms with Gasteiger partial charge in [0.05, 0.1) is 13.7 Å². The lowest BCUT2D eigenvalue weighted by molar-refractivity contribution is 0.218. The number of benzene rings is 1. The smallest absolute Gasteiger partial charge is 0.160 e. The highest BCUT2D eigenvalue weighted by molar-refractivity contribution is 5.43. The molecule has 1 rings (SSSR count). The van der Waals surface area contributed by atoms with Gasteiger partial charge in [-0.05, 0) is 17.7 Å². The van der Waals surface area contributed by atoms with Gasteiger partial charge in [0, 0.05) is 5.41 Å². The van der Waals surface area contributed by atoms with Crippen LogP contribution in [0.5, 0.6) is 11.5 Å². The SMILES string of the molecule is COc1cc(C(C)(C)CO)ccc1O. The molecular weight excluding hydrogens is 180 g/mol. The van der Waals surface area contributed by atoms with Crippen LogP contribution in [0.2, 0.25) is 0 Å². The summed E-state index contributed by atoms with van der Waals surface area (Å²) in [6.45, 7) is 3.92. The van der Waals surface area contributed by atoms with E-state index >= 15 is 0 Å². The Hall–Kier alpha value is -1.22. The first-order valence-corrected chi connectivity index (χ1v) is 4.49. The molecule has 3 heteroatoms. The van der Waals surface area contributed by atoms with Crippen molar-refractivity contribution in [2.24, 2.45) is 0 Å². The summed E-state index contributed by atoms with van der Waals surface area (Å²) in [6, 6.07) is 5.10. The Kier molecular flexibility index (Phi) is 3.01. The van der Waals surface area contributed by atoms with E-state index in [2.05, 4.69) is 0 Å². The molecule has 0 aliphatic rings. The van der Waals surface area contributed by atoms with Crippen molar-refractivity contribution in [3.63, 3.8) is 0 Å². The lowest BCUT2D eigenvalue weighted by Crippen LogP contribution is -2.21. The number of rotatable bonds is 3. The van der Waals surface area contributed by atoms with Crippen molar-refractivity contribution >= 4 is 0 Å². The molecule has 0 aromatic heterocycles. The van der Waals surface area contributed by atoms with Crippen LogP contribution in [-0.2, 0) is 5.41 Å². The number of phenols is 1. The summed E-state index contributed by atoms with van der Waals surface area (Å²) in [5, 5.41) is 18.6. The van der Waals surface area contributed by atoms with Crippen molar-refractivity contribution in [3.8, 4) is 11.5 Å². The molecule has 0 fully saturated rings. The zero-order valence-corrected chi connectivity index (χ0v) is 8.74. The number of ether oxygens (including phenoxy) is 1. The van der Waals surface area contributed by atoms with Crippen molar-refractivity contribution in [1.29, 1.82) is 0 Å². The predicted molar refractivity (Wildman–Crippen MR) is 54.8 cm³/mol. The molecule has 1 aromatic carbocycles. The number of hydrogen-bond acceptors (Lipinski definition) is 3. The van der Waals surface area contributed by atoms with Gasteiger partial charge in [-0.3, -0.25) is 0 Å². The van der Waals surface area contributed by atoms with Gasteiger partial charge in [0.2, 0.25) is 0 Å². The van der Waals surface area contributed by atoms with Crippen LogP contribution in [0.25, 0.3) is 0 Å². The van der Waals surface area contributed by atoms with E-state index in [1.165, 1.54) is 7.11 Å². The summed E-state index contributed by atoms with van der Waals surface area (Å²) >= 11 is 0. The van der Waals surface area contributed by atoms with E-state index in [0.29, 0.717) is 5.75 Å². The standard InChI is InChI=1S/C11H16O3/c1-11(2,7-12)8-4-5-9(13)10(6-8)14-3/h4-6,12-13H,7H2,1-3H3. The third-order valence-corrected chi connectivity index (χ3v) is 2.36. The normalized spacial score (nSPS) is 11.4. The molecule has 0 saturated carbocycles. The first-order chi connectivity index (χ1) is 6.51. The summed E-state index contributed by atoms with van der Waals surface area (Å²) in [5.41, 5.74) is 0.621. The van der Waals surface area contributed by atoms with Gasteiger partial charge in [0.25, 0.3) is 0 Å². The van der Waals surface area contributed by atoms with Crippen molar-refractivity contribution in [2.75, 3.05) is 13.7 Å². The summed E-state index contributed by atoms with van der Waals surface area (Å²) in [5.74, 6) is 0.550. The summed E-state index contributed by atoms with van der Waals surface area (Å²) in [4.78, 5) is 0. The minimum Gasteiger partial charge on any atom is -0.504 e. The molecule has 0 spiro atoms. The molecule has 0 aliphatic heterocycles. The molecule has 0 bridgehead atoms. The Morgan fingerprint density at radius 1 is 1.36 bits per heavy atom. The summed E-state index contributed by atoms with van der Waals surface area (Å²) < 4.78 is 4.99. The zero-order valence-electron chi connectivity index (χ0n) is 8.74. The molecule has 14 heavy (non-hydrogen) atoms. The van der Waals surface area contributed by atoms with Gasteiger partial charge in [-0.1, -0.05) is 19.9 Å². The Balaban J connectivity index is 3.12. The molecule has 0 heterocycles. The van der Waals surface area contributed by atoms with Crippen LogP contribution >= 0.6 is 0 Å². The molecule has 0 aliphatic carbocycles. The molecule has 0 unspecified atom stereocenters. The zero-order chi connectivity index (χ0) is 10.8. The number of aromatic hydroxyl groups is 1. The fraction of sp³-hybridized carbons (Fsp3) is 0.455. The fourth-order valence-corrected chi connectivity index (χ4v) is 1.19. The van der Waals surface area contributed by atoms with E-state index < -0.39 is 0 Å². The third-order valence-electron chi connectivity index (χ3n) is 2.36. The molecule has 0 radical (unpaired) electrons. The van der Waals surface area contributed by atoms with Gasteiger partial charge < -0.3 is 14.9 Å². The first kappa shape index (κ1) is 10.9. The van der Waals surface area contributed by atoms with Crippen molar-refractivity contribution < 1.29 is 14.9 Å². The van der Waals surface area contributed by atoms with Crippen LogP contribution in [0, 0.1) is 0 Å². The molecule has 0 saturated heterocycles. The average Bonchev–Trinajstić information content (AvgIpc) is 2.18. The second-order valence-electron chi connectivity index (χ2n) is 3.93. The Morgan fingerprint density at radius 3 is 2.50 bits per heavy atom. The van der Waals surface area contributed by atoms with Gasteiger partial charge in [-0.2, -0.15) is 0 Å². The first-order valence-electron chi connectivity index (χ1n) is 4.49. The van der Waals surface area contributed by atoms with Gasteiger partial charge >= 0.3 is 0 Å². The lowest BCUT2D eigenvalue weighted by atomic mass is 9.85. The monoisotopic (exact) mass is 196 g/mol. The molecular formula is C11H16O3. The second-order valence-corrected chi connectivity index (χ2v) is 3.93. The van der Waals surface area contributed by atoms with E-state index in [1.54, 1.807) is 18.2 Å². The minimum absolute atomic E-state index is 0.0565. The predicted octanol–water partition coefficient (Wildman–Crippen LogP) is 1.67. The van der Waals surface area contributed by atoms with Crippen LogP contribution in [-0.4, -0.2) is 23.9 Å². The fourth-order valence-electron chi connectivity index (χ4n) is 1.19. The van der Waals surface area contributed by atoms with Crippen molar-refractivity contribution in [3.05, 3.63) is 23.8 Å². The van der Waals surface area contributed by atoms with Crippen LogP contribution in [0.4, 0.5) is 0 Å². The minimum atomic E-state index is -0.318. The van der Waals surface area contributed by atoms with Crippen LogP contribution in [0.3, 0.4) is 0 Å². The van der Waals surface area contributed by atoms with Gasteiger partial charge in [-0.15, -0.1) is 0 Å². The summed E-state index contributed by atoms with van der Waals surface area (Å²) in [7, 11) is 1.50. The van der Waals surface area contributed by atoms with E-state index in [-0.39, 0.29) is 17.8 Å². The molecule has 78 valence electrons. The lowest BCUT2D eigenvalue weighted by Gasteiger charge is -2.22. The number of aliphatic hydroxyl groups excluding tert-OH is 1. The van der Waals surface area contributed by atoms with Crippen molar-refractivity contribution in [2.45, 2.75) is 19.3 Å². The number of aliphatic hydroxyl groups is 1. The molecule has 0 atom stereocenters. The van der Waals surface area contributed by atoms with Crippen molar-refractivity contribution in [1.82, 2.24) is 0 Å². The Labute approximate surface area is 84.0 Å². The number of phenolic OH excluding ortho intramolecular Hbond substituents is 1. The molecule has 3 nitrogen and oxygen atoms in total. The molecule has 0 amide bonds. The average molecular weight is 196 g/mol. The maximum Gasteiger partial charge on any atom is 0.160 e. The van der Waals surface area contributed by atoms with E-state index in [9.17, 15) is 10.2 Å². The largest absolute Gasteiger partial charge is 0.504 e. The Bertz CT molecular complexity index is 318. The number of methoxy groups -OCH3 is 1. The second kappa shape index (κ2) is 3.88. The molecule has 1 aromatic rings. The third kappa shape index (κ3) is 1.99. The van der Waals surface area contributed by atoms with Gasteiger partial charge in [-0.25, -0.2) is 0 Å². The van der Waals surface area contributed by atoms with Crippen LogP contribution in [0.15, 0.2) is 18.2 Å². The molecule has 2 N–H and O–H groups in total. The highest BCUT2D eigenvalue weighted by Crippen LogP contribution is 2.31. The van der Waals surface area contributed by atoms with E-state index in [0.717, 1.165) is 5.56 Å². The van der Waals surface area contributed by atoms with Gasteiger partial charge in [0.15, 0.2) is 11.5 Å². The highest BCUT2D eigenvalue weighted by Gasteiger charge is 2.20. The van der Waals surface area contributed by atoms with Gasteiger partial charge in [0.1, 0.15) is 0 Å². The van der Waals surface area contributed by atoms with Crippen LogP contribution in [0.1, 0.15) is 19.4 Å². The van der Waals surface area contributed by atoms with Crippen LogP contribution < -0.4 is 4.74 Å². The highest BCUT2D eigenvalue weighted by atomic mass is 16.5. The maximum absolute atomic E-state index is 9.39. The quantitative estimate of drug-likeness (QED) is 0.773. The Morgan fingerprint density at radius 2 is 2.00 bits per heavy atom. The maximum atomic E-state index is 9.39. The summed E-state index contributed by atoms with van der Waals surface area (Å²) in [6.07, 6.45) is 0.